The number of nitriles is 1. The predicted octanol–water partition coefficient (Wildman–Crippen LogP) is 1.42. The van der Waals surface area contributed by atoms with Crippen molar-refractivity contribution in [1.29, 1.82) is 5.26 Å². The normalized spacial score (nSPS) is 11.2. The van der Waals surface area contributed by atoms with Gasteiger partial charge in [0.05, 0.1) is 11.0 Å². The lowest BCUT2D eigenvalue weighted by molar-refractivity contribution is 0.101. The number of carbonyl (C=O) groups is 1. The first-order valence-corrected chi connectivity index (χ1v) is 6.85. The zero-order valence-corrected chi connectivity index (χ0v) is 11.1. The summed E-state index contributed by atoms with van der Waals surface area (Å²) in [5.74, 6) is -0.199. The van der Waals surface area contributed by atoms with Crippen LogP contribution in [0.5, 0.6) is 0 Å². The number of Topliss-reactive ketones (excluding diaryl/α,β-unsaturated/α-hetero) is 1. The Labute approximate surface area is 107 Å². The van der Waals surface area contributed by atoms with Crippen LogP contribution in [0, 0.1) is 11.3 Å². The maximum Gasteiger partial charge on any atom is 0.244 e. The van der Waals surface area contributed by atoms with Gasteiger partial charge in [0.2, 0.25) is 10.0 Å². The predicted molar refractivity (Wildman–Crippen MR) is 66.5 cm³/mol. The van der Waals surface area contributed by atoms with Crippen LogP contribution in [-0.4, -0.2) is 31.6 Å². The lowest BCUT2D eigenvalue weighted by Gasteiger charge is -2.17. The number of hydrogen-bond donors (Lipinski definition) is 0. The van der Waals surface area contributed by atoms with E-state index in [1.165, 1.54) is 25.1 Å². The van der Waals surface area contributed by atoms with Crippen molar-refractivity contribution < 1.29 is 13.2 Å². The minimum absolute atomic E-state index is 0.0345. The number of benzene rings is 1. The Balaban J connectivity index is 3.24. The summed E-state index contributed by atoms with van der Waals surface area (Å²) in [6.45, 7) is 3.03. The third-order valence-corrected chi connectivity index (χ3v) is 4.39. The Morgan fingerprint density at radius 1 is 1.44 bits per heavy atom. The molecule has 0 aromatic heterocycles. The molecule has 0 heterocycles. The highest BCUT2D eigenvalue weighted by molar-refractivity contribution is 7.89. The van der Waals surface area contributed by atoms with Crippen molar-refractivity contribution in [2.75, 3.05) is 13.1 Å². The third-order valence-electron chi connectivity index (χ3n) is 2.48. The lowest BCUT2D eigenvalue weighted by atomic mass is 10.2. The summed E-state index contributed by atoms with van der Waals surface area (Å²) in [4.78, 5) is 11.3. The van der Waals surface area contributed by atoms with Crippen molar-refractivity contribution in [3.63, 3.8) is 0 Å². The molecule has 0 saturated carbocycles. The highest BCUT2D eigenvalue weighted by atomic mass is 32.2. The fourth-order valence-electron chi connectivity index (χ4n) is 1.47. The molecule has 0 unspecified atom stereocenters. The monoisotopic (exact) mass is 266 g/mol. The van der Waals surface area contributed by atoms with Crippen molar-refractivity contribution in [2.24, 2.45) is 0 Å². The van der Waals surface area contributed by atoms with E-state index < -0.39 is 10.0 Å². The van der Waals surface area contributed by atoms with E-state index in [-0.39, 0.29) is 23.8 Å². The van der Waals surface area contributed by atoms with Crippen LogP contribution < -0.4 is 0 Å². The molecule has 0 bridgehead atoms. The van der Waals surface area contributed by atoms with Gasteiger partial charge in [-0.3, -0.25) is 4.79 Å². The van der Waals surface area contributed by atoms with Crippen LogP contribution in [0.15, 0.2) is 29.2 Å². The summed E-state index contributed by atoms with van der Waals surface area (Å²) < 4.78 is 25.4. The highest BCUT2D eigenvalue weighted by Crippen LogP contribution is 2.17. The van der Waals surface area contributed by atoms with Gasteiger partial charge in [-0.2, -0.15) is 9.57 Å². The Morgan fingerprint density at radius 3 is 2.61 bits per heavy atom. The number of ketones is 1. The molecule has 0 amide bonds. The molecule has 0 spiro atoms. The van der Waals surface area contributed by atoms with Crippen molar-refractivity contribution in [2.45, 2.75) is 18.7 Å². The average molecular weight is 266 g/mol. The number of hydrogen-bond acceptors (Lipinski definition) is 4. The van der Waals surface area contributed by atoms with E-state index in [4.69, 9.17) is 5.26 Å². The highest BCUT2D eigenvalue weighted by Gasteiger charge is 2.23. The minimum atomic E-state index is -3.71. The summed E-state index contributed by atoms with van der Waals surface area (Å²) >= 11 is 0. The molecule has 6 heteroatoms. The van der Waals surface area contributed by atoms with Gasteiger partial charge < -0.3 is 0 Å². The first kappa shape index (κ1) is 14.4. The Bertz CT molecular complexity index is 588. The van der Waals surface area contributed by atoms with Gasteiger partial charge in [-0.1, -0.05) is 19.1 Å². The molecule has 0 N–H and O–H groups in total. The molecule has 0 fully saturated rings. The van der Waals surface area contributed by atoms with Gasteiger partial charge in [-0.25, -0.2) is 8.42 Å². The van der Waals surface area contributed by atoms with Gasteiger partial charge in [0.25, 0.3) is 0 Å². The first-order valence-electron chi connectivity index (χ1n) is 5.41. The van der Waals surface area contributed by atoms with Crippen LogP contribution in [0.3, 0.4) is 0 Å². The van der Waals surface area contributed by atoms with E-state index in [0.29, 0.717) is 5.56 Å². The van der Waals surface area contributed by atoms with Gasteiger partial charge in [-0.15, -0.1) is 0 Å². The molecule has 0 aliphatic rings. The van der Waals surface area contributed by atoms with Crippen molar-refractivity contribution in [3.8, 4) is 6.07 Å². The molecule has 0 aliphatic carbocycles. The second-order valence-electron chi connectivity index (χ2n) is 3.67. The largest absolute Gasteiger partial charge is 0.295 e. The summed E-state index contributed by atoms with van der Waals surface area (Å²) in [7, 11) is -3.71. The molecule has 5 nitrogen and oxygen atoms in total. The third kappa shape index (κ3) is 2.94. The van der Waals surface area contributed by atoms with Gasteiger partial charge in [-0.05, 0) is 19.1 Å². The molecular weight excluding hydrogens is 252 g/mol. The molecule has 1 aromatic carbocycles. The number of rotatable bonds is 5. The fraction of sp³-hybridized carbons (Fsp3) is 0.333. The molecule has 1 aromatic rings. The summed E-state index contributed by atoms with van der Waals surface area (Å²) in [5.41, 5.74) is 0.337. The molecule has 0 atom stereocenters. The van der Waals surface area contributed by atoms with Crippen LogP contribution in [0.2, 0.25) is 0 Å². The summed E-state index contributed by atoms with van der Waals surface area (Å²) in [6, 6.07) is 7.64. The summed E-state index contributed by atoms with van der Waals surface area (Å²) in [6.07, 6.45) is 0. The average Bonchev–Trinajstić information content (AvgIpc) is 2.35. The van der Waals surface area contributed by atoms with Crippen molar-refractivity contribution >= 4 is 15.8 Å². The van der Waals surface area contributed by atoms with Gasteiger partial charge in [0, 0.05) is 12.1 Å². The summed E-state index contributed by atoms with van der Waals surface area (Å²) in [5, 5.41) is 8.61. The molecule has 18 heavy (non-hydrogen) atoms. The zero-order chi connectivity index (χ0) is 13.8. The van der Waals surface area contributed by atoms with Crippen LogP contribution >= 0.6 is 0 Å². The van der Waals surface area contributed by atoms with Crippen LogP contribution in [-0.2, 0) is 10.0 Å². The first-order chi connectivity index (χ1) is 8.43. The van der Waals surface area contributed by atoms with Crippen molar-refractivity contribution in [1.82, 2.24) is 4.31 Å². The smallest absolute Gasteiger partial charge is 0.244 e. The second kappa shape index (κ2) is 5.76. The topological polar surface area (TPSA) is 78.2 Å². The van der Waals surface area contributed by atoms with Gasteiger partial charge >= 0.3 is 0 Å². The lowest BCUT2D eigenvalue weighted by Crippen LogP contribution is -2.31. The van der Waals surface area contributed by atoms with Crippen LogP contribution in [0.25, 0.3) is 0 Å². The molecular formula is C12H14N2O3S. The fourth-order valence-corrected chi connectivity index (χ4v) is 2.86. The number of sulfonamides is 1. The van der Waals surface area contributed by atoms with E-state index >= 15 is 0 Å². The van der Waals surface area contributed by atoms with Crippen LogP contribution in [0.4, 0.5) is 0 Å². The van der Waals surface area contributed by atoms with Gasteiger partial charge in [0.1, 0.15) is 6.54 Å². The standard InChI is InChI=1S/C12H14N2O3S/c1-3-14(8-7-13)18(16,17)12-6-4-5-11(9-12)10(2)15/h4-6,9H,3,8H2,1-2H3. The molecule has 1 rings (SSSR count). The molecule has 96 valence electrons. The van der Waals surface area contributed by atoms with Crippen LogP contribution in [0.1, 0.15) is 24.2 Å². The minimum Gasteiger partial charge on any atom is -0.295 e. The van der Waals surface area contributed by atoms with Crippen molar-refractivity contribution in [3.05, 3.63) is 29.8 Å². The molecule has 0 saturated heterocycles. The Morgan fingerprint density at radius 2 is 2.11 bits per heavy atom. The maximum absolute atomic E-state index is 12.2. The van der Waals surface area contributed by atoms with Gasteiger partial charge in [0.15, 0.2) is 5.78 Å². The molecule has 0 radical (unpaired) electrons. The molecule has 0 aliphatic heterocycles. The Kier molecular flexibility index (Phi) is 4.59. The second-order valence-corrected chi connectivity index (χ2v) is 5.61. The van der Waals surface area contributed by atoms with E-state index in [1.807, 2.05) is 6.07 Å². The number of carbonyl (C=O) groups excluding carboxylic acids is 1. The number of nitrogens with zero attached hydrogens (tertiary/aromatic N) is 2. The van der Waals surface area contributed by atoms with E-state index in [1.54, 1.807) is 13.0 Å². The SMILES string of the molecule is CCN(CC#N)S(=O)(=O)c1cccc(C(C)=O)c1. The Hall–Kier alpha value is -1.71. The van der Waals surface area contributed by atoms with E-state index in [0.717, 1.165) is 4.31 Å². The van der Waals surface area contributed by atoms with E-state index in [9.17, 15) is 13.2 Å². The maximum atomic E-state index is 12.2. The van der Waals surface area contributed by atoms with E-state index in [2.05, 4.69) is 0 Å². The zero-order valence-electron chi connectivity index (χ0n) is 10.3. The quantitative estimate of drug-likeness (QED) is 0.596.